The molecule has 27 heavy (non-hydrogen) atoms. The number of aromatic nitrogens is 4. The number of halogens is 3. The fourth-order valence-corrected chi connectivity index (χ4v) is 2.26. The summed E-state index contributed by atoms with van der Waals surface area (Å²) < 4.78 is 39.2. The molecule has 140 valence electrons. The first-order chi connectivity index (χ1) is 12.9. The van der Waals surface area contributed by atoms with Gasteiger partial charge in [-0.05, 0) is 30.3 Å². The molecule has 0 bridgehead atoms. The highest BCUT2D eigenvalue weighted by Crippen LogP contribution is 2.29. The van der Waals surface area contributed by atoms with Gasteiger partial charge in [-0.2, -0.15) is 18.3 Å². The number of carbonyl (C=O) groups excluding carboxylic acids is 1. The first-order valence-corrected chi connectivity index (χ1v) is 7.94. The molecule has 3 aromatic rings. The normalized spacial score (nSPS) is 11.2. The number of hydrogen-bond acceptors (Lipinski definition) is 4. The maximum Gasteiger partial charge on any atom is 0.416 e. The van der Waals surface area contributed by atoms with E-state index in [9.17, 15) is 18.0 Å². The quantitative estimate of drug-likeness (QED) is 0.716. The Morgan fingerprint density at radius 1 is 1.07 bits per heavy atom. The number of nitrogens with zero attached hydrogens (tertiary/aromatic N) is 4. The van der Waals surface area contributed by atoms with Crippen LogP contribution in [0.15, 0.2) is 55.1 Å². The first-order valence-electron chi connectivity index (χ1n) is 7.94. The minimum Gasteiger partial charge on any atom is -0.336 e. The molecule has 2 amide bonds. The molecule has 0 saturated carbocycles. The summed E-state index contributed by atoms with van der Waals surface area (Å²) in [6.07, 6.45) is 2.08. The average Bonchev–Trinajstić information content (AvgIpc) is 3.11. The third-order valence-corrected chi connectivity index (χ3v) is 3.56. The van der Waals surface area contributed by atoms with Gasteiger partial charge < -0.3 is 10.6 Å². The second-order valence-electron chi connectivity index (χ2n) is 5.51. The molecular weight excluding hydrogens is 361 g/mol. The van der Waals surface area contributed by atoms with Crippen LogP contribution in [0.2, 0.25) is 0 Å². The molecule has 3 rings (SSSR count). The molecule has 0 spiro atoms. The Hall–Kier alpha value is -3.43. The van der Waals surface area contributed by atoms with Crippen molar-refractivity contribution in [1.82, 2.24) is 25.1 Å². The van der Waals surface area contributed by atoms with E-state index >= 15 is 0 Å². The highest BCUT2D eigenvalue weighted by molar-refractivity contribution is 5.89. The Morgan fingerprint density at radius 3 is 2.52 bits per heavy atom. The van der Waals surface area contributed by atoms with Crippen LogP contribution >= 0.6 is 0 Å². The minimum absolute atomic E-state index is 0.268. The van der Waals surface area contributed by atoms with Crippen LogP contribution in [0.3, 0.4) is 0 Å². The van der Waals surface area contributed by atoms with Gasteiger partial charge in [0.25, 0.3) is 0 Å². The van der Waals surface area contributed by atoms with Gasteiger partial charge in [-0.1, -0.05) is 0 Å². The van der Waals surface area contributed by atoms with Crippen LogP contribution in [0.1, 0.15) is 5.56 Å². The van der Waals surface area contributed by atoms with E-state index in [0.29, 0.717) is 17.9 Å². The Labute approximate surface area is 152 Å². The summed E-state index contributed by atoms with van der Waals surface area (Å²) in [5.41, 5.74) is 0.803. The number of alkyl halides is 3. The van der Waals surface area contributed by atoms with Gasteiger partial charge in [0.15, 0.2) is 0 Å². The molecule has 0 fully saturated rings. The second kappa shape index (κ2) is 7.85. The summed E-state index contributed by atoms with van der Waals surface area (Å²) in [6, 6.07) is 5.48. The third kappa shape index (κ3) is 5.03. The predicted octanol–water partition coefficient (Wildman–Crippen LogP) is 3.18. The molecule has 2 heterocycles. The fraction of sp³-hybridized carbons (Fsp3) is 0.176. The van der Waals surface area contributed by atoms with Gasteiger partial charge in [0, 0.05) is 30.8 Å². The maximum atomic E-state index is 12.5. The summed E-state index contributed by atoms with van der Waals surface area (Å²) in [5.74, 6) is 0. The average molecular weight is 376 g/mol. The molecule has 2 N–H and O–H groups in total. The number of benzene rings is 1. The highest BCUT2D eigenvalue weighted by atomic mass is 19.4. The van der Waals surface area contributed by atoms with Crippen LogP contribution in [-0.4, -0.2) is 32.3 Å². The molecular formula is C17H15F3N6O. The van der Waals surface area contributed by atoms with Crippen LogP contribution in [0.25, 0.3) is 11.4 Å². The summed E-state index contributed by atoms with van der Waals surface area (Å²) in [4.78, 5) is 19.9. The number of urea groups is 1. The standard InChI is InChI=1S/C17H15F3N6O/c18-17(19,20)12-1-3-13(4-2-12)24-16(27)23-8-10-26-9-5-14(25-26)15-11-21-6-7-22-15/h1-7,9,11H,8,10H2,(H2,23,24,27). The van der Waals surface area contributed by atoms with E-state index in [2.05, 4.69) is 25.7 Å². The van der Waals surface area contributed by atoms with Crippen LogP contribution < -0.4 is 10.6 Å². The first kappa shape index (κ1) is 18.4. The fourth-order valence-electron chi connectivity index (χ4n) is 2.26. The number of amides is 2. The lowest BCUT2D eigenvalue weighted by atomic mass is 10.2. The number of hydrogen-bond donors (Lipinski definition) is 2. The van der Waals surface area contributed by atoms with Crippen molar-refractivity contribution >= 4 is 11.7 Å². The van der Waals surface area contributed by atoms with Gasteiger partial charge in [-0.25, -0.2) is 4.79 Å². The predicted molar refractivity (Wildman–Crippen MR) is 91.7 cm³/mol. The van der Waals surface area contributed by atoms with Crippen molar-refractivity contribution in [2.75, 3.05) is 11.9 Å². The zero-order chi connectivity index (χ0) is 19.3. The molecule has 0 unspecified atom stereocenters. The molecule has 0 aliphatic carbocycles. The molecule has 7 nitrogen and oxygen atoms in total. The topological polar surface area (TPSA) is 84.7 Å². The Morgan fingerprint density at radius 2 is 1.85 bits per heavy atom. The van der Waals surface area contributed by atoms with Gasteiger partial charge in [0.05, 0.1) is 18.3 Å². The van der Waals surface area contributed by atoms with E-state index in [1.807, 2.05) is 0 Å². The molecule has 0 aliphatic heterocycles. The van der Waals surface area contributed by atoms with Crippen molar-refractivity contribution in [3.63, 3.8) is 0 Å². The Bertz CT molecular complexity index is 893. The van der Waals surface area contributed by atoms with Crippen molar-refractivity contribution in [3.8, 4) is 11.4 Å². The summed E-state index contributed by atoms with van der Waals surface area (Å²) >= 11 is 0. The van der Waals surface area contributed by atoms with Crippen molar-refractivity contribution < 1.29 is 18.0 Å². The monoisotopic (exact) mass is 376 g/mol. The van der Waals surface area contributed by atoms with E-state index in [1.54, 1.807) is 35.5 Å². The van der Waals surface area contributed by atoms with Crippen LogP contribution in [0.5, 0.6) is 0 Å². The maximum absolute atomic E-state index is 12.5. The summed E-state index contributed by atoms with van der Waals surface area (Å²) in [7, 11) is 0. The smallest absolute Gasteiger partial charge is 0.336 e. The van der Waals surface area contributed by atoms with Crippen molar-refractivity contribution in [2.45, 2.75) is 12.7 Å². The molecule has 10 heteroatoms. The highest BCUT2D eigenvalue weighted by Gasteiger charge is 2.29. The van der Waals surface area contributed by atoms with E-state index < -0.39 is 17.8 Å². The van der Waals surface area contributed by atoms with Gasteiger partial charge in [0.2, 0.25) is 0 Å². The lowest BCUT2D eigenvalue weighted by Gasteiger charge is -2.10. The zero-order valence-corrected chi connectivity index (χ0v) is 13.9. The van der Waals surface area contributed by atoms with Crippen LogP contribution in [0.4, 0.5) is 23.7 Å². The number of anilines is 1. The van der Waals surface area contributed by atoms with Gasteiger partial charge in [0.1, 0.15) is 11.4 Å². The number of nitrogens with one attached hydrogen (secondary N) is 2. The zero-order valence-electron chi connectivity index (χ0n) is 13.9. The van der Waals surface area contributed by atoms with Gasteiger partial charge in [-0.3, -0.25) is 14.6 Å². The van der Waals surface area contributed by atoms with E-state index in [1.165, 1.54) is 12.1 Å². The molecule has 0 atom stereocenters. The number of rotatable bonds is 5. The van der Waals surface area contributed by atoms with Gasteiger partial charge >= 0.3 is 12.2 Å². The summed E-state index contributed by atoms with van der Waals surface area (Å²) in [6.45, 7) is 0.703. The van der Waals surface area contributed by atoms with E-state index in [0.717, 1.165) is 12.1 Å². The van der Waals surface area contributed by atoms with E-state index in [4.69, 9.17) is 0 Å². The molecule has 0 radical (unpaired) electrons. The number of carbonyl (C=O) groups is 1. The third-order valence-electron chi connectivity index (χ3n) is 3.56. The summed E-state index contributed by atoms with van der Waals surface area (Å²) in [5, 5.41) is 9.41. The molecule has 2 aromatic heterocycles. The van der Waals surface area contributed by atoms with E-state index in [-0.39, 0.29) is 12.2 Å². The molecule has 0 saturated heterocycles. The lowest BCUT2D eigenvalue weighted by Crippen LogP contribution is -2.31. The van der Waals surface area contributed by atoms with Crippen molar-refractivity contribution in [1.29, 1.82) is 0 Å². The molecule has 0 aliphatic rings. The van der Waals surface area contributed by atoms with Crippen molar-refractivity contribution in [2.24, 2.45) is 0 Å². The Kier molecular flexibility index (Phi) is 5.34. The largest absolute Gasteiger partial charge is 0.416 e. The second-order valence-corrected chi connectivity index (χ2v) is 5.51. The lowest BCUT2D eigenvalue weighted by molar-refractivity contribution is -0.137. The van der Waals surface area contributed by atoms with Crippen LogP contribution in [0, 0.1) is 0 Å². The van der Waals surface area contributed by atoms with Crippen LogP contribution in [-0.2, 0) is 12.7 Å². The van der Waals surface area contributed by atoms with Crippen molar-refractivity contribution in [3.05, 3.63) is 60.7 Å². The molecule has 1 aromatic carbocycles. The SMILES string of the molecule is O=C(NCCn1ccc(-c2cnccn2)n1)Nc1ccc(C(F)(F)F)cc1. The minimum atomic E-state index is -4.41. The Balaban J connectivity index is 1.47. The van der Waals surface area contributed by atoms with Gasteiger partial charge in [-0.15, -0.1) is 0 Å².